The van der Waals surface area contributed by atoms with Crippen LogP contribution in [0.1, 0.15) is 124 Å². The van der Waals surface area contributed by atoms with Crippen molar-refractivity contribution in [2.75, 3.05) is 13.2 Å². The van der Waals surface area contributed by atoms with Crippen LogP contribution in [0.4, 0.5) is 0 Å². The summed E-state index contributed by atoms with van der Waals surface area (Å²) in [6.45, 7) is 4.58. The van der Waals surface area contributed by atoms with E-state index in [1.165, 1.54) is 51.4 Å². The summed E-state index contributed by atoms with van der Waals surface area (Å²) in [6, 6.07) is 3.16. The van der Waals surface area contributed by atoms with Gasteiger partial charge in [-0.2, -0.15) is 8.42 Å². The van der Waals surface area contributed by atoms with Gasteiger partial charge < -0.3 is 9.47 Å². The monoisotopic (exact) mass is 550 g/mol. The van der Waals surface area contributed by atoms with Crippen molar-refractivity contribution in [3.8, 4) is 0 Å². The Morgan fingerprint density at radius 3 is 1.61 bits per heavy atom. The number of allylic oxidation sites excluding steroid dienone is 2. The molecule has 8 heteroatoms. The maximum atomic E-state index is 12.7. The SMILES string of the molecule is CCCCCCC/C=C/CCOC(=O)c1ccc(S(=O)(=O)O)cc1C(=O)OCC/C=C/CCCCCCC. The number of carbonyl (C=O) groups is 2. The highest BCUT2D eigenvalue weighted by atomic mass is 32.2. The van der Waals surface area contributed by atoms with Crippen molar-refractivity contribution < 1.29 is 32.0 Å². The second-order valence-corrected chi connectivity index (χ2v) is 10.8. The van der Waals surface area contributed by atoms with Gasteiger partial charge in [0.2, 0.25) is 0 Å². The molecule has 0 aliphatic heterocycles. The lowest BCUT2D eigenvalue weighted by molar-refractivity contribution is 0.0464. The minimum absolute atomic E-state index is 0.0823. The second kappa shape index (κ2) is 20.5. The third-order valence-electron chi connectivity index (χ3n) is 6.05. The van der Waals surface area contributed by atoms with Gasteiger partial charge in [-0.15, -0.1) is 0 Å². The van der Waals surface area contributed by atoms with Crippen LogP contribution in [0.15, 0.2) is 47.4 Å². The molecule has 0 unspecified atom stereocenters. The van der Waals surface area contributed by atoms with Crippen molar-refractivity contribution in [1.82, 2.24) is 0 Å². The molecule has 0 heterocycles. The van der Waals surface area contributed by atoms with E-state index in [9.17, 15) is 22.6 Å². The Morgan fingerprint density at radius 1 is 0.684 bits per heavy atom. The molecular formula is C30H46O7S. The highest BCUT2D eigenvalue weighted by Crippen LogP contribution is 2.19. The molecular weight excluding hydrogens is 504 g/mol. The van der Waals surface area contributed by atoms with Crippen molar-refractivity contribution >= 4 is 22.1 Å². The highest BCUT2D eigenvalue weighted by molar-refractivity contribution is 7.85. The van der Waals surface area contributed by atoms with Gasteiger partial charge in [0.05, 0.1) is 29.2 Å². The number of hydrogen-bond acceptors (Lipinski definition) is 6. The largest absolute Gasteiger partial charge is 0.462 e. The van der Waals surface area contributed by atoms with E-state index in [4.69, 9.17) is 9.47 Å². The number of unbranched alkanes of at least 4 members (excludes halogenated alkanes) is 10. The zero-order valence-electron chi connectivity index (χ0n) is 23.2. The topological polar surface area (TPSA) is 107 Å². The molecule has 1 N–H and O–H groups in total. The fraction of sp³-hybridized carbons (Fsp3) is 0.600. The standard InChI is InChI=1S/C30H46O7S/c1-3-5-7-9-11-13-15-17-19-23-36-29(31)27-22-21-26(38(33,34)35)25-28(27)30(32)37-24-20-18-16-14-12-10-8-6-4-2/h15-18,21-22,25H,3-14,19-20,23-24H2,1-2H3,(H,33,34,35)/b17-15+,18-16+. The molecule has 7 nitrogen and oxygen atoms in total. The van der Waals surface area contributed by atoms with E-state index in [1.54, 1.807) is 0 Å². The number of ether oxygens (including phenoxy) is 2. The Balaban J connectivity index is 2.60. The molecule has 0 aromatic heterocycles. The average molecular weight is 551 g/mol. The molecule has 1 rings (SSSR count). The predicted molar refractivity (Wildman–Crippen MR) is 151 cm³/mol. The van der Waals surface area contributed by atoms with E-state index in [0.717, 1.165) is 43.9 Å². The van der Waals surface area contributed by atoms with Crippen LogP contribution in [0, 0.1) is 0 Å². The lowest BCUT2D eigenvalue weighted by Gasteiger charge is -2.10. The molecule has 0 bridgehead atoms. The van der Waals surface area contributed by atoms with Gasteiger partial charge in [-0.25, -0.2) is 9.59 Å². The Labute approximate surface area is 229 Å². The lowest BCUT2D eigenvalue weighted by atomic mass is 10.1. The second-order valence-electron chi connectivity index (χ2n) is 9.38. The van der Waals surface area contributed by atoms with Crippen molar-refractivity contribution in [2.24, 2.45) is 0 Å². The van der Waals surface area contributed by atoms with E-state index >= 15 is 0 Å². The smallest absolute Gasteiger partial charge is 0.339 e. The maximum absolute atomic E-state index is 12.7. The van der Waals surface area contributed by atoms with Gasteiger partial charge >= 0.3 is 11.9 Å². The van der Waals surface area contributed by atoms with Gasteiger partial charge in [0.15, 0.2) is 0 Å². The van der Waals surface area contributed by atoms with E-state index < -0.39 is 27.0 Å². The van der Waals surface area contributed by atoms with Crippen LogP contribution in [-0.4, -0.2) is 38.1 Å². The van der Waals surface area contributed by atoms with Crippen molar-refractivity contribution in [1.29, 1.82) is 0 Å². The Morgan fingerprint density at radius 2 is 1.13 bits per heavy atom. The van der Waals surface area contributed by atoms with E-state index in [1.807, 2.05) is 12.2 Å². The number of esters is 2. The van der Waals surface area contributed by atoms with Gasteiger partial charge in [0.25, 0.3) is 10.1 Å². The number of hydrogen-bond donors (Lipinski definition) is 1. The number of carbonyl (C=O) groups excluding carboxylic acids is 2. The number of rotatable bonds is 21. The summed E-state index contributed by atoms with van der Waals surface area (Å²) in [7, 11) is -4.56. The van der Waals surface area contributed by atoms with Crippen LogP contribution in [0.25, 0.3) is 0 Å². The summed E-state index contributed by atoms with van der Waals surface area (Å²) in [5.74, 6) is -1.60. The third kappa shape index (κ3) is 15.1. The Bertz CT molecular complexity index is 980. The van der Waals surface area contributed by atoms with Crippen LogP contribution >= 0.6 is 0 Å². The predicted octanol–water partition coefficient (Wildman–Crippen LogP) is 7.86. The molecule has 0 atom stereocenters. The average Bonchev–Trinajstić information content (AvgIpc) is 2.89. The molecule has 0 aliphatic rings. The molecule has 214 valence electrons. The summed E-state index contributed by atoms with van der Waals surface area (Å²) in [6.07, 6.45) is 23.1. The molecule has 1 aromatic rings. The highest BCUT2D eigenvalue weighted by Gasteiger charge is 2.23. The lowest BCUT2D eigenvalue weighted by Crippen LogP contribution is -2.16. The molecule has 0 amide bonds. The molecule has 0 saturated heterocycles. The first-order valence-electron chi connectivity index (χ1n) is 14.1. The Kier molecular flexibility index (Phi) is 18.1. The molecule has 0 spiro atoms. The van der Waals surface area contributed by atoms with E-state index in [2.05, 4.69) is 26.0 Å². The van der Waals surface area contributed by atoms with Crippen LogP contribution in [0.2, 0.25) is 0 Å². The molecule has 38 heavy (non-hydrogen) atoms. The molecule has 0 fully saturated rings. The van der Waals surface area contributed by atoms with E-state index in [0.29, 0.717) is 12.8 Å². The van der Waals surface area contributed by atoms with Gasteiger partial charge in [0.1, 0.15) is 0 Å². The minimum Gasteiger partial charge on any atom is -0.462 e. The minimum atomic E-state index is -4.56. The maximum Gasteiger partial charge on any atom is 0.339 e. The quantitative estimate of drug-likeness (QED) is 0.0718. The molecule has 1 aromatic carbocycles. The first-order valence-corrected chi connectivity index (χ1v) is 15.5. The first kappa shape index (κ1) is 33.6. The van der Waals surface area contributed by atoms with Crippen LogP contribution in [0.5, 0.6) is 0 Å². The van der Waals surface area contributed by atoms with Gasteiger partial charge in [-0.1, -0.05) is 89.5 Å². The van der Waals surface area contributed by atoms with Crippen LogP contribution < -0.4 is 0 Å². The molecule has 0 radical (unpaired) electrons. The summed E-state index contributed by atoms with van der Waals surface area (Å²) in [5.41, 5.74) is -0.363. The van der Waals surface area contributed by atoms with Gasteiger partial charge in [-0.05, 0) is 56.7 Å². The van der Waals surface area contributed by atoms with Crippen molar-refractivity contribution in [3.05, 3.63) is 53.6 Å². The van der Waals surface area contributed by atoms with E-state index in [-0.39, 0.29) is 24.3 Å². The summed E-state index contributed by atoms with van der Waals surface area (Å²) in [4.78, 5) is 24.8. The Hall–Kier alpha value is -2.45. The first-order chi connectivity index (χ1) is 18.3. The third-order valence-corrected chi connectivity index (χ3v) is 6.90. The zero-order chi connectivity index (χ0) is 28.1. The van der Waals surface area contributed by atoms with Crippen LogP contribution in [-0.2, 0) is 19.6 Å². The fourth-order valence-electron chi connectivity index (χ4n) is 3.83. The fourth-order valence-corrected chi connectivity index (χ4v) is 4.34. The normalized spacial score (nSPS) is 11.9. The van der Waals surface area contributed by atoms with Gasteiger partial charge in [-0.3, -0.25) is 4.55 Å². The van der Waals surface area contributed by atoms with Crippen LogP contribution in [0.3, 0.4) is 0 Å². The number of benzene rings is 1. The zero-order valence-corrected chi connectivity index (χ0v) is 24.0. The summed E-state index contributed by atoms with van der Waals surface area (Å²) >= 11 is 0. The van der Waals surface area contributed by atoms with Gasteiger partial charge in [0, 0.05) is 0 Å². The molecule has 0 saturated carbocycles. The summed E-state index contributed by atoms with van der Waals surface area (Å²) < 4.78 is 43.1. The van der Waals surface area contributed by atoms with Crippen molar-refractivity contribution in [2.45, 2.75) is 109 Å². The summed E-state index contributed by atoms with van der Waals surface area (Å²) in [5, 5.41) is 0. The van der Waals surface area contributed by atoms with Crippen molar-refractivity contribution in [3.63, 3.8) is 0 Å². The molecule has 0 aliphatic carbocycles.